The third-order valence-corrected chi connectivity index (χ3v) is 4.09. The minimum Gasteiger partial charge on any atom is -0.340 e. The van der Waals surface area contributed by atoms with Crippen LogP contribution in [0.2, 0.25) is 0 Å². The van der Waals surface area contributed by atoms with E-state index in [9.17, 15) is 9.59 Å². The van der Waals surface area contributed by atoms with Crippen LogP contribution in [-0.4, -0.2) is 28.3 Å². The molecule has 1 heterocycles. The molecule has 2 rings (SSSR count). The minimum atomic E-state index is -0.835. The second-order valence-electron chi connectivity index (χ2n) is 5.60. The summed E-state index contributed by atoms with van der Waals surface area (Å²) in [7, 11) is 0. The Morgan fingerprint density at radius 1 is 1.25 bits per heavy atom. The maximum atomic E-state index is 12.5. The quantitative estimate of drug-likeness (QED) is 0.920. The Morgan fingerprint density at radius 3 is 2.40 bits per heavy atom. The van der Waals surface area contributed by atoms with E-state index in [0.717, 1.165) is 10.0 Å². The first-order valence-electron chi connectivity index (χ1n) is 6.72. The van der Waals surface area contributed by atoms with Gasteiger partial charge in [0.25, 0.3) is 0 Å². The third-order valence-electron chi connectivity index (χ3n) is 3.56. The Kier molecular flexibility index (Phi) is 4.18. The first-order valence-corrected chi connectivity index (χ1v) is 7.52. The van der Waals surface area contributed by atoms with Crippen LogP contribution in [0.3, 0.4) is 0 Å². The summed E-state index contributed by atoms with van der Waals surface area (Å²) in [5, 5.41) is 2.79. The molecular weight excluding hydrogens is 320 g/mol. The molecule has 1 aliphatic rings. The number of halogens is 1. The van der Waals surface area contributed by atoms with Crippen molar-refractivity contribution >= 4 is 27.7 Å². The average molecular weight is 339 g/mol. The van der Waals surface area contributed by atoms with Crippen molar-refractivity contribution in [2.24, 2.45) is 0 Å². The SMILES string of the molecule is CCC1C(=O)NC(C)(C)C(=O)N1Cc1ccc(Br)cc1. The van der Waals surface area contributed by atoms with Crippen LogP contribution in [0.1, 0.15) is 32.8 Å². The Bertz CT molecular complexity index is 525. The van der Waals surface area contributed by atoms with Crippen molar-refractivity contribution in [2.45, 2.75) is 45.3 Å². The summed E-state index contributed by atoms with van der Waals surface area (Å²) < 4.78 is 0.997. The van der Waals surface area contributed by atoms with Crippen LogP contribution in [0.15, 0.2) is 28.7 Å². The lowest BCUT2D eigenvalue weighted by molar-refractivity contribution is -0.154. The number of hydrogen-bond donors (Lipinski definition) is 1. The molecule has 1 aromatic rings. The lowest BCUT2D eigenvalue weighted by Gasteiger charge is -2.42. The van der Waals surface area contributed by atoms with Crippen LogP contribution in [-0.2, 0) is 16.1 Å². The van der Waals surface area contributed by atoms with E-state index in [1.54, 1.807) is 18.7 Å². The van der Waals surface area contributed by atoms with E-state index in [0.29, 0.717) is 13.0 Å². The summed E-state index contributed by atoms with van der Waals surface area (Å²) in [4.78, 5) is 26.3. The van der Waals surface area contributed by atoms with Gasteiger partial charge in [0, 0.05) is 11.0 Å². The molecule has 1 saturated heterocycles. The van der Waals surface area contributed by atoms with Gasteiger partial charge in [0.2, 0.25) is 11.8 Å². The largest absolute Gasteiger partial charge is 0.340 e. The standard InChI is InChI=1S/C15H19BrN2O2/c1-4-12-13(19)17-15(2,3)14(20)18(12)9-10-5-7-11(16)8-6-10/h5-8,12H,4,9H2,1-3H3,(H,17,19). The smallest absolute Gasteiger partial charge is 0.248 e. The van der Waals surface area contributed by atoms with E-state index in [1.807, 2.05) is 31.2 Å². The number of benzene rings is 1. The second-order valence-corrected chi connectivity index (χ2v) is 6.51. The number of carbonyl (C=O) groups excluding carboxylic acids is 2. The van der Waals surface area contributed by atoms with E-state index in [1.165, 1.54) is 0 Å². The molecule has 5 heteroatoms. The van der Waals surface area contributed by atoms with Crippen LogP contribution < -0.4 is 5.32 Å². The monoisotopic (exact) mass is 338 g/mol. The highest BCUT2D eigenvalue weighted by Crippen LogP contribution is 2.22. The van der Waals surface area contributed by atoms with Crippen LogP contribution >= 0.6 is 15.9 Å². The van der Waals surface area contributed by atoms with Gasteiger partial charge >= 0.3 is 0 Å². The first-order chi connectivity index (χ1) is 9.35. The predicted molar refractivity (Wildman–Crippen MR) is 81.0 cm³/mol. The number of piperazine rings is 1. The maximum absolute atomic E-state index is 12.5. The number of amides is 2. The van der Waals surface area contributed by atoms with Gasteiger partial charge in [-0.1, -0.05) is 35.0 Å². The fourth-order valence-electron chi connectivity index (χ4n) is 2.46. The van der Waals surface area contributed by atoms with Crippen LogP contribution in [0.5, 0.6) is 0 Å². The summed E-state index contributed by atoms with van der Waals surface area (Å²) in [6.45, 7) is 5.87. The molecule has 0 bridgehead atoms. The maximum Gasteiger partial charge on any atom is 0.248 e. The Morgan fingerprint density at radius 2 is 1.85 bits per heavy atom. The van der Waals surface area contributed by atoms with Crippen molar-refractivity contribution in [3.63, 3.8) is 0 Å². The molecule has 1 aliphatic heterocycles. The molecule has 0 aliphatic carbocycles. The molecular formula is C15H19BrN2O2. The lowest BCUT2D eigenvalue weighted by atomic mass is 9.95. The molecule has 1 unspecified atom stereocenters. The van der Waals surface area contributed by atoms with Gasteiger partial charge in [0.15, 0.2) is 0 Å². The second kappa shape index (κ2) is 5.56. The highest BCUT2D eigenvalue weighted by molar-refractivity contribution is 9.10. The first kappa shape index (κ1) is 15.0. The Balaban J connectivity index is 2.27. The molecule has 0 spiro atoms. The minimum absolute atomic E-state index is 0.0353. The van der Waals surface area contributed by atoms with E-state index < -0.39 is 5.54 Å². The van der Waals surface area contributed by atoms with Crippen LogP contribution in [0, 0.1) is 0 Å². The zero-order valence-corrected chi connectivity index (χ0v) is 13.5. The Hall–Kier alpha value is -1.36. The summed E-state index contributed by atoms with van der Waals surface area (Å²) in [6.07, 6.45) is 0.615. The fourth-order valence-corrected chi connectivity index (χ4v) is 2.73. The van der Waals surface area contributed by atoms with Crippen molar-refractivity contribution in [2.75, 3.05) is 0 Å². The van der Waals surface area contributed by atoms with Crippen molar-refractivity contribution in [3.05, 3.63) is 34.3 Å². The molecule has 4 nitrogen and oxygen atoms in total. The molecule has 108 valence electrons. The molecule has 0 aromatic heterocycles. The molecule has 1 fully saturated rings. The van der Waals surface area contributed by atoms with Crippen LogP contribution in [0.25, 0.3) is 0 Å². The Labute approximate surface area is 127 Å². The molecule has 1 aromatic carbocycles. The lowest BCUT2D eigenvalue weighted by Crippen LogP contribution is -2.67. The number of rotatable bonds is 3. The topological polar surface area (TPSA) is 49.4 Å². The molecule has 1 atom stereocenters. The summed E-state index contributed by atoms with van der Waals surface area (Å²) in [6, 6.07) is 7.41. The molecule has 0 radical (unpaired) electrons. The van der Waals surface area contributed by atoms with Gasteiger partial charge in [-0.05, 0) is 38.0 Å². The van der Waals surface area contributed by atoms with Crippen molar-refractivity contribution in [3.8, 4) is 0 Å². The highest BCUT2D eigenvalue weighted by Gasteiger charge is 2.44. The van der Waals surface area contributed by atoms with E-state index in [4.69, 9.17) is 0 Å². The van der Waals surface area contributed by atoms with Crippen LogP contribution in [0.4, 0.5) is 0 Å². The van der Waals surface area contributed by atoms with Gasteiger partial charge in [-0.25, -0.2) is 0 Å². The molecule has 20 heavy (non-hydrogen) atoms. The third kappa shape index (κ3) is 2.87. The number of nitrogens with one attached hydrogen (secondary N) is 1. The van der Waals surface area contributed by atoms with E-state index in [-0.39, 0.29) is 17.9 Å². The molecule has 1 N–H and O–H groups in total. The molecule has 2 amide bonds. The summed E-state index contributed by atoms with van der Waals surface area (Å²) in [5.41, 5.74) is 0.184. The summed E-state index contributed by atoms with van der Waals surface area (Å²) >= 11 is 3.39. The van der Waals surface area contributed by atoms with E-state index >= 15 is 0 Å². The predicted octanol–water partition coefficient (Wildman–Crippen LogP) is 2.46. The highest BCUT2D eigenvalue weighted by atomic mass is 79.9. The fraction of sp³-hybridized carbons (Fsp3) is 0.467. The summed E-state index contributed by atoms with van der Waals surface area (Å²) in [5.74, 6) is -0.110. The average Bonchev–Trinajstić information content (AvgIpc) is 2.38. The van der Waals surface area contributed by atoms with Crippen molar-refractivity contribution in [1.82, 2.24) is 10.2 Å². The number of hydrogen-bond acceptors (Lipinski definition) is 2. The van der Waals surface area contributed by atoms with E-state index in [2.05, 4.69) is 21.2 Å². The molecule has 0 saturated carbocycles. The van der Waals surface area contributed by atoms with Gasteiger partial charge in [0.05, 0.1) is 0 Å². The van der Waals surface area contributed by atoms with Crippen molar-refractivity contribution in [1.29, 1.82) is 0 Å². The van der Waals surface area contributed by atoms with Gasteiger partial charge in [-0.2, -0.15) is 0 Å². The van der Waals surface area contributed by atoms with Gasteiger partial charge in [0.1, 0.15) is 11.6 Å². The van der Waals surface area contributed by atoms with Gasteiger partial charge in [-0.15, -0.1) is 0 Å². The van der Waals surface area contributed by atoms with Gasteiger partial charge in [-0.3, -0.25) is 9.59 Å². The van der Waals surface area contributed by atoms with Gasteiger partial charge < -0.3 is 10.2 Å². The zero-order chi connectivity index (χ0) is 14.9. The number of nitrogens with zero attached hydrogens (tertiary/aromatic N) is 1. The number of carbonyl (C=O) groups is 2. The normalized spacial score (nSPS) is 21.8. The zero-order valence-electron chi connectivity index (χ0n) is 11.9. The van der Waals surface area contributed by atoms with Crippen molar-refractivity contribution < 1.29 is 9.59 Å².